The number of benzene rings is 1. The molecule has 1 aliphatic heterocycles. The molecule has 5 heteroatoms. The average Bonchev–Trinajstić information content (AvgIpc) is 2.97. The summed E-state index contributed by atoms with van der Waals surface area (Å²) >= 11 is 0. The van der Waals surface area contributed by atoms with E-state index >= 15 is 0 Å². The monoisotopic (exact) mass is 304 g/mol. The summed E-state index contributed by atoms with van der Waals surface area (Å²) < 4.78 is 5.05. The number of hydrogen-bond donors (Lipinski definition) is 2. The third kappa shape index (κ3) is 4.91. The van der Waals surface area contributed by atoms with Crippen LogP contribution in [0.15, 0.2) is 29.3 Å². The molecule has 1 unspecified atom stereocenters. The Bertz CT molecular complexity index is 472. The third-order valence-electron chi connectivity index (χ3n) is 3.84. The van der Waals surface area contributed by atoms with Crippen molar-refractivity contribution < 1.29 is 4.74 Å². The molecule has 1 aromatic carbocycles. The number of hydrogen-bond acceptors (Lipinski definition) is 3. The van der Waals surface area contributed by atoms with Gasteiger partial charge in [0.15, 0.2) is 5.96 Å². The minimum absolute atomic E-state index is 0.432. The van der Waals surface area contributed by atoms with Gasteiger partial charge in [-0.2, -0.15) is 0 Å². The van der Waals surface area contributed by atoms with Crippen molar-refractivity contribution >= 4 is 11.6 Å². The molecule has 1 fully saturated rings. The van der Waals surface area contributed by atoms with E-state index in [1.54, 1.807) is 7.11 Å². The Labute approximate surface area is 133 Å². The Kier molecular flexibility index (Phi) is 6.52. The molecule has 1 aliphatic rings. The van der Waals surface area contributed by atoms with Crippen molar-refractivity contribution in [3.8, 4) is 0 Å². The summed E-state index contributed by atoms with van der Waals surface area (Å²) in [5, 5.41) is 6.82. The van der Waals surface area contributed by atoms with Gasteiger partial charge in [0.2, 0.25) is 0 Å². The van der Waals surface area contributed by atoms with Crippen LogP contribution in [-0.2, 0) is 4.74 Å². The zero-order chi connectivity index (χ0) is 15.8. The fourth-order valence-corrected chi connectivity index (χ4v) is 2.63. The van der Waals surface area contributed by atoms with Gasteiger partial charge < -0.3 is 20.3 Å². The maximum Gasteiger partial charge on any atom is 0.191 e. The normalized spacial score (nSPS) is 18.6. The van der Waals surface area contributed by atoms with E-state index in [2.05, 4.69) is 58.6 Å². The van der Waals surface area contributed by atoms with E-state index in [1.807, 2.05) is 0 Å². The quantitative estimate of drug-likeness (QED) is 0.478. The van der Waals surface area contributed by atoms with Gasteiger partial charge in [-0.1, -0.05) is 17.7 Å². The number of anilines is 1. The highest BCUT2D eigenvalue weighted by Gasteiger charge is 2.23. The number of methoxy groups -OCH3 is 1. The predicted molar refractivity (Wildman–Crippen MR) is 92.8 cm³/mol. The van der Waals surface area contributed by atoms with Crippen molar-refractivity contribution in [2.24, 2.45) is 4.99 Å². The smallest absolute Gasteiger partial charge is 0.191 e. The van der Waals surface area contributed by atoms with Crippen molar-refractivity contribution in [2.45, 2.75) is 26.3 Å². The van der Waals surface area contributed by atoms with Crippen LogP contribution >= 0.6 is 0 Å². The first-order chi connectivity index (χ1) is 10.7. The number of guanidine groups is 1. The van der Waals surface area contributed by atoms with Crippen LogP contribution in [0.4, 0.5) is 5.69 Å². The molecule has 5 nitrogen and oxygen atoms in total. The third-order valence-corrected chi connectivity index (χ3v) is 3.84. The van der Waals surface area contributed by atoms with Crippen molar-refractivity contribution in [1.29, 1.82) is 0 Å². The average molecular weight is 304 g/mol. The van der Waals surface area contributed by atoms with Gasteiger partial charge >= 0.3 is 0 Å². The van der Waals surface area contributed by atoms with Crippen molar-refractivity contribution in [1.82, 2.24) is 10.6 Å². The van der Waals surface area contributed by atoms with Crippen molar-refractivity contribution in [3.05, 3.63) is 29.8 Å². The van der Waals surface area contributed by atoms with E-state index < -0.39 is 0 Å². The first-order valence-corrected chi connectivity index (χ1v) is 8.08. The van der Waals surface area contributed by atoms with Crippen LogP contribution in [0, 0.1) is 6.92 Å². The Morgan fingerprint density at radius 3 is 2.82 bits per heavy atom. The van der Waals surface area contributed by atoms with Crippen molar-refractivity contribution in [3.63, 3.8) is 0 Å². The number of rotatable bonds is 6. The summed E-state index contributed by atoms with van der Waals surface area (Å²) in [6, 6.07) is 9.19. The summed E-state index contributed by atoms with van der Waals surface area (Å²) in [6.07, 6.45) is 1.13. The van der Waals surface area contributed by atoms with Gasteiger partial charge in [0.25, 0.3) is 0 Å². The molecule has 1 aromatic rings. The molecule has 2 N–H and O–H groups in total. The van der Waals surface area contributed by atoms with Crippen molar-refractivity contribution in [2.75, 3.05) is 44.8 Å². The summed E-state index contributed by atoms with van der Waals surface area (Å²) in [7, 11) is 1.70. The highest BCUT2D eigenvalue weighted by atomic mass is 16.5. The molecule has 0 amide bonds. The molecule has 0 spiro atoms. The van der Waals surface area contributed by atoms with Gasteiger partial charge in [0.05, 0.1) is 13.2 Å². The fourth-order valence-electron chi connectivity index (χ4n) is 2.63. The Hall–Kier alpha value is -1.75. The zero-order valence-electron chi connectivity index (χ0n) is 13.9. The lowest BCUT2D eigenvalue weighted by atomic mass is 10.2. The van der Waals surface area contributed by atoms with Gasteiger partial charge in [0.1, 0.15) is 0 Å². The highest BCUT2D eigenvalue weighted by Crippen LogP contribution is 2.20. The molecule has 0 radical (unpaired) electrons. The topological polar surface area (TPSA) is 48.9 Å². The van der Waals surface area contributed by atoms with Gasteiger partial charge in [-0.3, -0.25) is 4.99 Å². The van der Waals surface area contributed by atoms with Gasteiger partial charge in [0, 0.05) is 38.5 Å². The standard InChI is InChI=1S/C17H28N4O/c1-4-18-17(19-10-12-22-3)20-15-9-11-21(13-15)16-7-5-14(2)6-8-16/h5-8,15H,4,9-13H2,1-3H3,(H2,18,19,20). The molecular weight excluding hydrogens is 276 g/mol. The van der Waals surface area contributed by atoms with Crippen LogP contribution in [0.1, 0.15) is 18.9 Å². The van der Waals surface area contributed by atoms with Crippen LogP contribution in [-0.4, -0.2) is 51.9 Å². The number of aryl methyl sites for hydroxylation is 1. The predicted octanol–water partition coefficient (Wildman–Crippen LogP) is 1.78. The van der Waals surface area contributed by atoms with Crippen LogP contribution < -0.4 is 15.5 Å². The fraction of sp³-hybridized carbons (Fsp3) is 0.588. The molecule has 22 heavy (non-hydrogen) atoms. The number of ether oxygens (including phenoxy) is 1. The minimum Gasteiger partial charge on any atom is -0.383 e. The van der Waals surface area contributed by atoms with Crippen LogP contribution in [0.3, 0.4) is 0 Å². The lowest BCUT2D eigenvalue weighted by Gasteiger charge is -2.20. The second-order valence-corrected chi connectivity index (χ2v) is 5.66. The first kappa shape index (κ1) is 16.6. The van der Waals surface area contributed by atoms with E-state index in [1.165, 1.54) is 11.3 Å². The summed E-state index contributed by atoms with van der Waals surface area (Å²) in [5.41, 5.74) is 2.61. The lowest BCUT2D eigenvalue weighted by Crippen LogP contribution is -2.44. The minimum atomic E-state index is 0.432. The van der Waals surface area contributed by atoms with E-state index in [4.69, 9.17) is 4.74 Å². The summed E-state index contributed by atoms with van der Waals surface area (Å²) in [6.45, 7) is 8.50. The second-order valence-electron chi connectivity index (χ2n) is 5.66. The maximum absolute atomic E-state index is 5.05. The Morgan fingerprint density at radius 1 is 1.36 bits per heavy atom. The summed E-state index contributed by atoms with van der Waals surface area (Å²) in [4.78, 5) is 6.95. The van der Waals surface area contributed by atoms with E-state index in [-0.39, 0.29) is 0 Å². The zero-order valence-corrected chi connectivity index (χ0v) is 13.9. The SMILES string of the molecule is CCNC(=NCCOC)NC1CCN(c2ccc(C)cc2)C1. The van der Waals surface area contributed by atoms with E-state index in [0.717, 1.165) is 32.0 Å². The van der Waals surface area contributed by atoms with E-state index in [0.29, 0.717) is 19.2 Å². The molecule has 1 atom stereocenters. The molecule has 1 saturated heterocycles. The van der Waals surface area contributed by atoms with Gasteiger partial charge in [-0.15, -0.1) is 0 Å². The number of aliphatic imine (C=N–C) groups is 1. The Balaban J connectivity index is 1.88. The largest absolute Gasteiger partial charge is 0.383 e. The first-order valence-electron chi connectivity index (χ1n) is 8.08. The van der Waals surface area contributed by atoms with Gasteiger partial charge in [-0.05, 0) is 32.4 Å². The van der Waals surface area contributed by atoms with Crippen LogP contribution in [0.5, 0.6) is 0 Å². The molecule has 122 valence electrons. The lowest BCUT2D eigenvalue weighted by molar-refractivity contribution is 0.208. The Morgan fingerprint density at radius 2 is 2.14 bits per heavy atom. The molecule has 0 aromatic heterocycles. The number of nitrogens with one attached hydrogen (secondary N) is 2. The van der Waals surface area contributed by atoms with Crippen LogP contribution in [0.25, 0.3) is 0 Å². The number of nitrogens with zero attached hydrogens (tertiary/aromatic N) is 2. The molecule has 0 bridgehead atoms. The summed E-state index contributed by atoms with van der Waals surface area (Å²) in [5.74, 6) is 0.885. The van der Waals surface area contributed by atoms with Crippen LogP contribution in [0.2, 0.25) is 0 Å². The second kappa shape index (κ2) is 8.63. The molecule has 0 saturated carbocycles. The maximum atomic E-state index is 5.05. The molecular formula is C17H28N4O. The molecule has 2 rings (SSSR count). The van der Waals surface area contributed by atoms with Gasteiger partial charge in [-0.25, -0.2) is 0 Å². The molecule has 1 heterocycles. The highest BCUT2D eigenvalue weighted by molar-refractivity contribution is 5.80. The van der Waals surface area contributed by atoms with E-state index in [9.17, 15) is 0 Å². The molecule has 0 aliphatic carbocycles.